The van der Waals surface area contributed by atoms with Crippen molar-refractivity contribution in [2.75, 3.05) is 6.61 Å². The molecule has 2 aromatic rings. The minimum atomic E-state index is 0.0772. The van der Waals surface area contributed by atoms with Gasteiger partial charge in [-0.15, -0.1) is 11.3 Å². The zero-order valence-corrected chi connectivity index (χ0v) is 10.8. The molecule has 0 bridgehead atoms. The lowest BCUT2D eigenvalue weighted by Gasteiger charge is -2.19. The first kappa shape index (κ1) is 11.2. The van der Waals surface area contributed by atoms with Gasteiger partial charge in [0.15, 0.2) is 5.78 Å². The van der Waals surface area contributed by atoms with Gasteiger partial charge in [0.05, 0.1) is 5.56 Å². The molecular formula is C15H12O2S. The van der Waals surface area contributed by atoms with Crippen LogP contribution in [0.15, 0.2) is 41.3 Å². The lowest BCUT2D eigenvalue weighted by Crippen LogP contribution is -2.19. The average molecular weight is 256 g/mol. The summed E-state index contributed by atoms with van der Waals surface area (Å²) in [5.41, 5.74) is 2.46. The SMILES string of the molecule is Cc1ccc2c(c1)C(=O)C(=Cc1cccs1)CO2. The Labute approximate surface area is 110 Å². The van der Waals surface area contributed by atoms with E-state index in [9.17, 15) is 4.79 Å². The van der Waals surface area contributed by atoms with Gasteiger partial charge in [0.2, 0.25) is 0 Å². The summed E-state index contributed by atoms with van der Waals surface area (Å²) in [6.07, 6.45) is 1.91. The van der Waals surface area contributed by atoms with Gasteiger partial charge in [0.25, 0.3) is 0 Å². The number of fused-ring (bicyclic) bond motifs is 1. The lowest BCUT2D eigenvalue weighted by molar-refractivity contribution is 0.100. The molecular weight excluding hydrogens is 244 g/mol. The predicted molar refractivity (Wildman–Crippen MR) is 73.3 cm³/mol. The summed E-state index contributed by atoms with van der Waals surface area (Å²) in [6.45, 7) is 2.33. The van der Waals surface area contributed by atoms with Crippen molar-refractivity contribution in [1.82, 2.24) is 0 Å². The molecule has 1 aliphatic rings. The number of benzene rings is 1. The van der Waals surface area contributed by atoms with Crippen molar-refractivity contribution in [3.8, 4) is 5.75 Å². The third-order valence-electron chi connectivity index (χ3n) is 2.91. The summed E-state index contributed by atoms with van der Waals surface area (Å²) in [4.78, 5) is 13.4. The minimum absolute atomic E-state index is 0.0772. The summed E-state index contributed by atoms with van der Waals surface area (Å²) in [7, 11) is 0. The predicted octanol–water partition coefficient (Wildman–Crippen LogP) is 3.72. The molecule has 3 heteroatoms. The summed E-state index contributed by atoms with van der Waals surface area (Å²) >= 11 is 1.62. The molecule has 0 saturated heterocycles. The monoisotopic (exact) mass is 256 g/mol. The van der Waals surface area contributed by atoms with Gasteiger partial charge in [-0.05, 0) is 36.6 Å². The molecule has 1 aromatic heterocycles. The van der Waals surface area contributed by atoms with E-state index in [-0.39, 0.29) is 5.78 Å². The largest absolute Gasteiger partial charge is 0.488 e. The second-order valence-corrected chi connectivity index (χ2v) is 5.28. The molecule has 0 unspecified atom stereocenters. The highest BCUT2D eigenvalue weighted by atomic mass is 32.1. The number of thiophene rings is 1. The molecule has 18 heavy (non-hydrogen) atoms. The molecule has 0 fully saturated rings. The second-order valence-electron chi connectivity index (χ2n) is 4.30. The van der Waals surface area contributed by atoms with Crippen LogP contribution in [0.4, 0.5) is 0 Å². The highest BCUT2D eigenvalue weighted by molar-refractivity contribution is 7.10. The number of ketones is 1. The molecule has 1 aromatic carbocycles. The van der Waals surface area contributed by atoms with Crippen molar-refractivity contribution in [1.29, 1.82) is 0 Å². The topological polar surface area (TPSA) is 26.3 Å². The van der Waals surface area contributed by atoms with Crippen molar-refractivity contribution in [2.45, 2.75) is 6.92 Å². The van der Waals surface area contributed by atoms with Crippen molar-refractivity contribution in [3.63, 3.8) is 0 Å². The molecule has 0 radical (unpaired) electrons. The number of aryl methyl sites for hydroxylation is 1. The van der Waals surface area contributed by atoms with Gasteiger partial charge < -0.3 is 4.74 Å². The summed E-state index contributed by atoms with van der Waals surface area (Å²) in [5.74, 6) is 0.766. The first-order valence-electron chi connectivity index (χ1n) is 5.76. The zero-order chi connectivity index (χ0) is 12.5. The van der Waals surface area contributed by atoms with E-state index in [1.165, 1.54) is 0 Å². The van der Waals surface area contributed by atoms with Crippen LogP contribution in [0.3, 0.4) is 0 Å². The molecule has 0 atom stereocenters. The van der Waals surface area contributed by atoms with Crippen LogP contribution < -0.4 is 4.74 Å². The average Bonchev–Trinajstić information content (AvgIpc) is 2.86. The van der Waals surface area contributed by atoms with E-state index in [1.807, 2.05) is 48.7 Å². The van der Waals surface area contributed by atoms with Crippen LogP contribution in [0.2, 0.25) is 0 Å². The maximum Gasteiger partial charge on any atom is 0.196 e. The summed E-state index contributed by atoms with van der Waals surface area (Å²) in [5, 5.41) is 2.00. The number of carbonyl (C=O) groups excluding carboxylic acids is 1. The Morgan fingerprint density at radius 3 is 3.00 bits per heavy atom. The fourth-order valence-corrected chi connectivity index (χ4v) is 2.68. The number of ether oxygens (including phenoxy) is 1. The quantitative estimate of drug-likeness (QED) is 0.727. The second kappa shape index (κ2) is 4.42. The van der Waals surface area contributed by atoms with E-state index in [4.69, 9.17) is 4.74 Å². The van der Waals surface area contributed by atoms with Crippen molar-refractivity contribution in [3.05, 3.63) is 57.3 Å². The van der Waals surface area contributed by atoms with E-state index in [1.54, 1.807) is 11.3 Å². The van der Waals surface area contributed by atoms with Gasteiger partial charge in [0, 0.05) is 10.5 Å². The lowest BCUT2D eigenvalue weighted by atomic mass is 9.98. The zero-order valence-electron chi connectivity index (χ0n) is 9.97. The van der Waals surface area contributed by atoms with Crippen LogP contribution >= 0.6 is 11.3 Å². The van der Waals surface area contributed by atoms with Crippen molar-refractivity contribution >= 4 is 23.2 Å². The standard InChI is InChI=1S/C15H12O2S/c1-10-4-5-14-13(7-10)15(16)11(9-17-14)8-12-3-2-6-18-12/h2-8H,9H2,1H3. The minimum Gasteiger partial charge on any atom is -0.488 e. The van der Waals surface area contributed by atoms with E-state index in [0.717, 1.165) is 16.0 Å². The maximum atomic E-state index is 12.4. The van der Waals surface area contributed by atoms with Crippen LogP contribution in [0.25, 0.3) is 6.08 Å². The third-order valence-corrected chi connectivity index (χ3v) is 3.73. The van der Waals surface area contributed by atoms with Crippen LogP contribution in [0.5, 0.6) is 5.75 Å². The van der Waals surface area contributed by atoms with Crippen LogP contribution in [0.1, 0.15) is 20.8 Å². The Morgan fingerprint density at radius 2 is 2.22 bits per heavy atom. The molecule has 3 rings (SSSR count). The van der Waals surface area contributed by atoms with Gasteiger partial charge in [-0.1, -0.05) is 17.7 Å². The number of rotatable bonds is 1. The number of hydrogen-bond donors (Lipinski definition) is 0. The van der Waals surface area contributed by atoms with E-state index < -0.39 is 0 Å². The molecule has 2 heterocycles. The first-order chi connectivity index (χ1) is 8.74. The smallest absolute Gasteiger partial charge is 0.196 e. The number of carbonyl (C=O) groups is 1. The molecule has 0 spiro atoms. The van der Waals surface area contributed by atoms with Gasteiger partial charge in [0.1, 0.15) is 12.4 Å². The number of Topliss-reactive ketones (excluding diaryl/α,β-unsaturated/α-hetero) is 1. The van der Waals surface area contributed by atoms with E-state index in [0.29, 0.717) is 17.9 Å². The van der Waals surface area contributed by atoms with Gasteiger partial charge in [-0.3, -0.25) is 4.79 Å². The Bertz CT molecular complexity index is 624. The Balaban J connectivity index is 2.01. The van der Waals surface area contributed by atoms with Crippen LogP contribution in [0, 0.1) is 6.92 Å². The maximum absolute atomic E-state index is 12.4. The highest BCUT2D eigenvalue weighted by Crippen LogP contribution is 2.29. The van der Waals surface area contributed by atoms with Gasteiger partial charge in [-0.2, -0.15) is 0 Å². The molecule has 1 aliphatic heterocycles. The van der Waals surface area contributed by atoms with Crippen molar-refractivity contribution in [2.24, 2.45) is 0 Å². The molecule has 0 N–H and O–H groups in total. The van der Waals surface area contributed by atoms with Crippen LogP contribution in [-0.2, 0) is 0 Å². The fourth-order valence-electron chi connectivity index (χ4n) is 1.99. The molecule has 0 amide bonds. The Hall–Kier alpha value is -1.87. The normalized spacial score (nSPS) is 16.5. The summed E-state index contributed by atoms with van der Waals surface area (Å²) in [6, 6.07) is 9.68. The third kappa shape index (κ3) is 1.97. The van der Waals surface area contributed by atoms with E-state index in [2.05, 4.69) is 0 Å². The van der Waals surface area contributed by atoms with Gasteiger partial charge in [-0.25, -0.2) is 0 Å². The molecule has 90 valence electrons. The summed E-state index contributed by atoms with van der Waals surface area (Å²) < 4.78 is 5.63. The number of hydrogen-bond acceptors (Lipinski definition) is 3. The van der Waals surface area contributed by atoms with Gasteiger partial charge >= 0.3 is 0 Å². The Morgan fingerprint density at radius 1 is 1.33 bits per heavy atom. The Kier molecular flexibility index (Phi) is 2.76. The van der Waals surface area contributed by atoms with E-state index >= 15 is 0 Å². The first-order valence-corrected chi connectivity index (χ1v) is 6.64. The van der Waals surface area contributed by atoms with Crippen LogP contribution in [-0.4, -0.2) is 12.4 Å². The fraction of sp³-hybridized carbons (Fsp3) is 0.133. The molecule has 0 aliphatic carbocycles. The molecule has 2 nitrogen and oxygen atoms in total. The highest BCUT2D eigenvalue weighted by Gasteiger charge is 2.23. The molecule has 0 saturated carbocycles. The van der Waals surface area contributed by atoms with Crippen molar-refractivity contribution < 1.29 is 9.53 Å².